The molecule has 0 bridgehead atoms. The molecular weight excluding hydrogens is 256 g/mol. The largest absolute Gasteiger partial charge is 0.311 e. The molecular formula is C15H32N2OS. The molecule has 1 saturated heterocycles. The van der Waals surface area contributed by atoms with Gasteiger partial charge in [0.15, 0.2) is 0 Å². The molecule has 19 heavy (non-hydrogen) atoms. The molecule has 3 nitrogen and oxygen atoms in total. The Morgan fingerprint density at radius 1 is 1.37 bits per heavy atom. The third-order valence-corrected chi connectivity index (χ3v) is 5.49. The predicted molar refractivity (Wildman–Crippen MR) is 85.0 cm³/mol. The van der Waals surface area contributed by atoms with Gasteiger partial charge in [-0.15, -0.1) is 0 Å². The van der Waals surface area contributed by atoms with Crippen molar-refractivity contribution in [2.75, 3.05) is 25.1 Å². The van der Waals surface area contributed by atoms with Crippen LogP contribution >= 0.6 is 0 Å². The van der Waals surface area contributed by atoms with E-state index in [9.17, 15) is 4.21 Å². The summed E-state index contributed by atoms with van der Waals surface area (Å²) in [5, 5.41) is 3.72. The molecule has 0 aromatic rings. The van der Waals surface area contributed by atoms with Crippen LogP contribution in [0.3, 0.4) is 0 Å². The maximum Gasteiger partial charge on any atom is 0.0246 e. The second kappa shape index (κ2) is 8.38. The fourth-order valence-electron chi connectivity index (χ4n) is 2.93. The Kier molecular flexibility index (Phi) is 7.55. The molecule has 0 radical (unpaired) electrons. The minimum atomic E-state index is -0.665. The first-order chi connectivity index (χ1) is 8.99. The van der Waals surface area contributed by atoms with Crippen molar-refractivity contribution in [3.05, 3.63) is 0 Å². The van der Waals surface area contributed by atoms with Crippen molar-refractivity contribution in [2.24, 2.45) is 5.92 Å². The lowest BCUT2D eigenvalue weighted by molar-refractivity contribution is 0.0697. The van der Waals surface area contributed by atoms with Crippen LogP contribution in [0.1, 0.15) is 47.0 Å². The van der Waals surface area contributed by atoms with Crippen molar-refractivity contribution >= 4 is 10.8 Å². The summed E-state index contributed by atoms with van der Waals surface area (Å²) in [5.74, 6) is 1.56. The summed E-state index contributed by atoms with van der Waals surface area (Å²) in [5.41, 5.74) is 0. The molecule has 0 amide bonds. The molecule has 1 rings (SSSR count). The van der Waals surface area contributed by atoms with Crippen LogP contribution in [0.5, 0.6) is 0 Å². The van der Waals surface area contributed by atoms with E-state index in [0.717, 1.165) is 31.2 Å². The van der Waals surface area contributed by atoms with Gasteiger partial charge in [-0.05, 0) is 25.7 Å². The van der Waals surface area contributed by atoms with Crippen LogP contribution < -0.4 is 5.32 Å². The van der Waals surface area contributed by atoms with Crippen molar-refractivity contribution in [1.82, 2.24) is 10.2 Å². The van der Waals surface area contributed by atoms with Gasteiger partial charge < -0.3 is 5.32 Å². The Bertz CT molecular complexity index is 285. The predicted octanol–water partition coefficient (Wildman–Crippen LogP) is 2.24. The first-order valence-corrected chi connectivity index (χ1v) is 9.51. The number of nitrogens with one attached hydrogen (secondary N) is 1. The van der Waals surface area contributed by atoms with Gasteiger partial charge in [0.1, 0.15) is 0 Å². The van der Waals surface area contributed by atoms with Gasteiger partial charge in [0, 0.05) is 54.0 Å². The normalized spacial score (nSPS) is 29.9. The van der Waals surface area contributed by atoms with Crippen molar-refractivity contribution in [1.29, 1.82) is 0 Å². The second-order valence-corrected chi connectivity index (χ2v) is 7.63. The van der Waals surface area contributed by atoms with Gasteiger partial charge >= 0.3 is 0 Å². The van der Waals surface area contributed by atoms with Crippen LogP contribution in [0, 0.1) is 5.92 Å². The van der Waals surface area contributed by atoms with Gasteiger partial charge in [-0.25, -0.2) is 0 Å². The lowest BCUT2D eigenvalue weighted by Crippen LogP contribution is -2.60. The number of piperazine rings is 1. The Balaban J connectivity index is 2.60. The third-order valence-electron chi connectivity index (χ3n) is 4.68. The summed E-state index contributed by atoms with van der Waals surface area (Å²) in [6.45, 7) is 11.4. The topological polar surface area (TPSA) is 32.3 Å². The fraction of sp³-hybridized carbons (Fsp3) is 1.00. The van der Waals surface area contributed by atoms with E-state index in [1.165, 1.54) is 12.8 Å². The molecule has 1 heterocycles. The number of hydrogen-bond donors (Lipinski definition) is 1. The minimum absolute atomic E-state index is 0.544. The Morgan fingerprint density at radius 2 is 2.05 bits per heavy atom. The maximum atomic E-state index is 11.3. The fourth-order valence-corrected chi connectivity index (χ4v) is 3.61. The molecule has 0 aliphatic carbocycles. The molecule has 5 atom stereocenters. The highest BCUT2D eigenvalue weighted by Crippen LogP contribution is 2.20. The zero-order valence-corrected chi connectivity index (χ0v) is 14.1. The molecule has 0 saturated carbocycles. The quantitative estimate of drug-likeness (QED) is 0.780. The Morgan fingerprint density at radius 3 is 2.58 bits per heavy atom. The van der Waals surface area contributed by atoms with E-state index in [4.69, 9.17) is 0 Å². The van der Waals surface area contributed by atoms with E-state index < -0.39 is 10.8 Å². The molecule has 1 aliphatic heterocycles. The van der Waals surface area contributed by atoms with Gasteiger partial charge in [-0.2, -0.15) is 0 Å². The van der Waals surface area contributed by atoms with Crippen LogP contribution in [-0.2, 0) is 10.8 Å². The molecule has 4 heteroatoms. The molecule has 114 valence electrons. The second-order valence-electron chi connectivity index (χ2n) is 6.07. The lowest BCUT2D eigenvalue weighted by Gasteiger charge is -2.45. The number of rotatable bonds is 7. The summed E-state index contributed by atoms with van der Waals surface area (Å²) in [6.07, 6.45) is 5.28. The average molecular weight is 289 g/mol. The summed E-state index contributed by atoms with van der Waals surface area (Å²) < 4.78 is 11.3. The zero-order valence-electron chi connectivity index (χ0n) is 13.3. The van der Waals surface area contributed by atoms with Crippen LogP contribution in [0.4, 0.5) is 0 Å². The standard InChI is InChI=1S/C15H32N2OS/c1-6-12(3)15-11-17(14(7-2)10-16-15)13(4)8-9-19(5)18/h12-16H,6-11H2,1-5H3. The minimum Gasteiger partial charge on any atom is -0.311 e. The van der Waals surface area contributed by atoms with E-state index in [2.05, 4.69) is 37.9 Å². The summed E-state index contributed by atoms with van der Waals surface area (Å²) in [4.78, 5) is 2.65. The summed E-state index contributed by atoms with van der Waals surface area (Å²) in [6, 6.07) is 1.80. The molecule has 0 spiro atoms. The van der Waals surface area contributed by atoms with E-state index in [-0.39, 0.29) is 0 Å². The van der Waals surface area contributed by atoms with E-state index >= 15 is 0 Å². The average Bonchev–Trinajstić information content (AvgIpc) is 2.42. The maximum absolute atomic E-state index is 11.3. The SMILES string of the molecule is CCC(C)C1CN(C(C)CCS(C)=O)C(CC)CN1. The zero-order chi connectivity index (χ0) is 14.4. The van der Waals surface area contributed by atoms with Crippen molar-refractivity contribution < 1.29 is 4.21 Å². The van der Waals surface area contributed by atoms with Gasteiger partial charge in [0.05, 0.1) is 0 Å². The Labute approximate surface area is 122 Å². The highest BCUT2D eigenvalue weighted by molar-refractivity contribution is 7.84. The van der Waals surface area contributed by atoms with Crippen molar-refractivity contribution in [3.63, 3.8) is 0 Å². The molecule has 1 N–H and O–H groups in total. The van der Waals surface area contributed by atoms with E-state index in [1.54, 1.807) is 0 Å². The van der Waals surface area contributed by atoms with E-state index in [0.29, 0.717) is 18.1 Å². The highest BCUT2D eigenvalue weighted by atomic mass is 32.2. The monoisotopic (exact) mass is 288 g/mol. The highest BCUT2D eigenvalue weighted by Gasteiger charge is 2.31. The van der Waals surface area contributed by atoms with Gasteiger partial charge in [0.25, 0.3) is 0 Å². The first kappa shape index (κ1) is 17.1. The van der Waals surface area contributed by atoms with Crippen molar-refractivity contribution in [2.45, 2.75) is 65.1 Å². The summed E-state index contributed by atoms with van der Waals surface area (Å²) >= 11 is 0. The van der Waals surface area contributed by atoms with Gasteiger partial charge in [-0.3, -0.25) is 9.11 Å². The molecule has 5 unspecified atom stereocenters. The molecule has 0 aromatic heterocycles. The first-order valence-electron chi connectivity index (χ1n) is 7.78. The smallest absolute Gasteiger partial charge is 0.0246 e. The number of nitrogens with zero attached hydrogens (tertiary/aromatic N) is 1. The van der Waals surface area contributed by atoms with E-state index in [1.807, 2.05) is 6.26 Å². The van der Waals surface area contributed by atoms with Crippen LogP contribution in [0.15, 0.2) is 0 Å². The van der Waals surface area contributed by atoms with Gasteiger partial charge in [-0.1, -0.05) is 27.2 Å². The lowest BCUT2D eigenvalue weighted by atomic mass is 9.93. The molecule has 0 aromatic carbocycles. The Hall–Kier alpha value is 0.0700. The van der Waals surface area contributed by atoms with Crippen molar-refractivity contribution in [3.8, 4) is 0 Å². The molecule has 1 fully saturated rings. The number of hydrogen-bond acceptors (Lipinski definition) is 3. The van der Waals surface area contributed by atoms with Crippen LogP contribution in [0.2, 0.25) is 0 Å². The summed E-state index contributed by atoms with van der Waals surface area (Å²) in [7, 11) is -0.665. The molecule has 1 aliphatic rings. The van der Waals surface area contributed by atoms with Crippen LogP contribution in [-0.4, -0.2) is 52.3 Å². The van der Waals surface area contributed by atoms with Gasteiger partial charge in [0.2, 0.25) is 0 Å². The third kappa shape index (κ3) is 5.16. The van der Waals surface area contributed by atoms with Crippen LogP contribution in [0.25, 0.3) is 0 Å².